The summed E-state index contributed by atoms with van der Waals surface area (Å²) in [4.78, 5) is 16.9. The van der Waals surface area contributed by atoms with E-state index in [1.54, 1.807) is 26.8 Å². The Morgan fingerprint density at radius 1 is 1.06 bits per heavy atom. The molecule has 0 amide bonds. The number of halogens is 1. The minimum Gasteiger partial charge on any atom is -0.505 e. The minimum absolute atomic E-state index is 0.109. The maximum absolute atomic E-state index is 12.4. The van der Waals surface area contributed by atoms with Gasteiger partial charge in [0.1, 0.15) is 11.3 Å². The highest BCUT2D eigenvalue weighted by atomic mass is 35.5. The molecule has 174 valence electrons. The van der Waals surface area contributed by atoms with Gasteiger partial charge in [-0.15, -0.1) is 0 Å². The monoisotopic (exact) mass is 474 g/mol. The molecule has 0 saturated carbocycles. The number of ether oxygens (including phenoxy) is 1. The molecule has 34 heavy (non-hydrogen) atoms. The Hall–Kier alpha value is -3.57. The Balaban J connectivity index is 1.79. The van der Waals surface area contributed by atoms with Gasteiger partial charge in [-0.1, -0.05) is 48.0 Å². The number of aliphatic hydroxyl groups is 1. The molecule has 3 aromatic rings. The number of benzene rings is 2. The van der Waals surface area contributed by atoms with E-state index in [9.17, 15) is 9.90 Å². The van der Waals surface area contributed by atoms with Crippen LogP contribution in [0.25, 0.3) is 22.9 Å². The first kappa shape index (κ1) is 23.6. The average Bonchev–Trinajstić information content (AvgIpc) is 3.22. The van der Waals surface area contributed by atoms with Crippen LogP contribution in [0.2, 0.25) is 5.02 Å². The first-order valence-electron chi connectivity index (χ1n) is 11.1. The van der Waals surface area contributed by atoms with E-state index in [4.69, 9.17) is 16.3 Å². The van der Waals surface area contributed by atoms with Crippen LogP contribution in [0.1, 0.15) is 37.7 Å². The molecule has 0 saturated heterocycles. The van der Waals surface area contributed by atoms with Gasteiger partial charge in [0.25, 0.3) is 0 Å². The van der Waals surface area contributed by atoms with Gasteiger partial charge in [-0.25, -0.2) is 9.79 Å². The van der Waals surface area contributed by atoms with E-state index in [0.717, 1.165) is 33.8 Å². The highest BCUT2D eigenvalue weighted by Crippen LogP contribution is 2.35. The van der Waals surface area contributed by atoms with Crippen LogP contribution in [-0.2, 0) is 9.53 Å². The summed E-state index contributed by atoms with van der Waals surface area (Å²) in [6.45, 7) is 9.27. The normalized spacial score (nSPS) is 14.8. The predicted octanol–water partition coefficient (Wildman–Crippen LogP) is 6.99. The number of hydrogen-bond donors (Lipinski definition) is 1. The van der Waals surface area contributed by atoms with Crippen molar-refractivity contribution in [3.05, 3.63) is 93.6 Å². The number of carbonyl (C=O) groups excluding carboxylic acids is 1. The fourth-order valence-electron chi connectivity index (χ4n) is 4.23. The number of rotatable bonds is 5. The van der Waals surface area contributed by atoms with Gasteiger partial charge in [-0.05, 0) is 64.5 Å². The topological polar surface area (TPSA) is 63.8 Å². The molecule has 2 heterocycles. The molecule has 0 radical (unpaired) electrons. The molecule has 6 heteroatoms. The number of aryl methyl sites for hydroxylation is 1. The van der Waals surface area contributed by atoms with Crippen LogP contribution in [0, 0.1) is 13.8 Å². The third-order valence-corrected chi connectivity index (χ3v) is 6.08. The third kappa shape index (κ3) is 4.31. The van der Waals surface area contributed by atoms with Crippen molar-refractivity contribution in [2.45, 2.75) is 40.7 Å². The second-order valence-electron chi connectivity index (χ2n) is 8.56. The van der Waals surface area contributed by atoms with Gasteiger partial charge in [-0.2, -0.15) is 0 Å². The zero-order chi connectivity index (χ0) is 24.6. The van der Waals surface area contributed by atoms with E-state index in [1.165, 1.54) is 0 Å². The first-order chi connectivity index (χ1) is 16.2. The second kappa shape index (κ2) is 9.35. The largest absolute Gasteiger partial charge is 0.505 e. The summed E-state index contributed by atoms with van der Waals surface area (Å²) in [5, 5.41) is 11.4. The fourth-order valence-corrected chi connectivity index (χ4v) is 4.47. The summed E-state index contributed by atoms with van der Waals surface area (Å²) in [7, 11) is 0. The zero-order valence-corrected chi connectivity index (χ0v) is 20.6. The maximum atomic E-state index is 12.4. The van der Waals surface area contributed by atoms with Gasteiger partial charge in [0.2, 0.25) is 0 Å². The SMILES string of the molecule is CC1=N/C(=C\c2cc(C)n(-c3ccccc3-c3ccccc3Cl)c2C)C(O)=C1C(=O)OC(C)C. The van der Waals surface area contributed by atoms with E-state index in [-0.39, 0.29) is 17.4 Å². The molecule has 0 fully saturated rings. The number of para-hydroxylation sites is 1. The summed E-state index contributed by atoms with van der Waals surface area (Å²) in [5.74, 6) is -0.735. The Bertz CT molecular complexity index is 1380. The molecule has 1 aromatic heterocycles. The molecule has 0 bridgehead atoms. The van der Waals surface area contributed by atoms with Crippen molar-refractivity contribution >= 4 is 29.4 Å². The summed E-state index contributed by atoms with van der Waals surface area (Å²) in [6.07, 6.45) is 1.51. The van der Waals surface area contributed by atoms with Crippen molar-refractivity contribution in [1.29, 1.82) is 0 Å². The minimum atomic E-state index is -0.573. The van der Waals surface area contributed by atoms with E-state index < -0.39 is 5.97 Å². The summed E-state index contributed by atoms with van der Waals surface area (Å²) in [6, 6.07) is 17.9. The number of aliphatic imine (C=N–C) groups is 1. The fraction of sp³-hybridized carbons (Fsp3) is 0.214. The van der Waals surface area contributed by atoms with Crippen molar-refractivity contribution < 1.29 is 14.6 Å². The van der Waals surface area contributed by atoms with Gasteiger partial charge >= 0.3 is 5.97 Å². The highest BCUT2D eigenvalue weighted by molar-refractivity contribution is 6.33. The Morgan fingerprint density at radius 2 is 1.71 bits per heavy atom. The summed E-state index contributed by atoms with van der Waals surface area (Å²) >= 11 is 6.51. The number of carbonyl (C=O) groups is 1. The second-order valence-corrected chi connectivity index (χ2v) is 8.97. The molecular weight excluding hydrogens is 448 g/mol. The third-order valence-electron chi connectivity index (χ3n) is 5.75. The van der Waals surface area contributed by atoms with Crippen LogP contribution in [0.5, 0.6) is 0 Å². The van der Waals surface area contributed by atoms with Crippen molar-refractivity contribution in [2.24, 2.45) is 4.99 Å². The van der Waals surface area contributed by atoms with Gasteiger partial charge in [0.05, 0.1) is 17.5 Å². The molecule has 1 aliphatic heterocycles. The lowest BCUT2D eigenvalue weighted by Gasteiger charge is -2.16. The van der Waals surface area contributed by atoms with Crippen molar-refractivity contribution in [1.82, 2.24) is 4.57 Å². The molecule has 4 rings (SSSR count). The van der Waals surface area contributed by atoms with Crippen LogP contribution in [-0.4, -0.2) is 27.5 Å². The van der Waals surface area contributed by atoms with Gasteiger partial charge < -0.3 is 14.4 Å². The number of aromatic nitrogens is 1. The molecule has 2 aromatic carbocycles. The van der Waals surface area contributed by atoms with Crippen LogP contribution in [0.4, 0.5) is 0 Å². The van der Waals surface area contributed by atoms with Crippen LogP contribution >= 0.6 is 11.6 Å². The molecule has 0 unspecified atom stereocenters. The average molecular weight is 475 g/mol. The zero-order valence-electron chi connectivity index (χ0n) is 19.9. The molecule has 1 aliphatic rings. The van der Waals surface area contributed by atoms with Crippen LogP contribution < -0.4 is 0 Å². The molecule has 0 spiro atoms. The van der Waals surface area contributed by atoms with Gasteiger partial charge in [-0.3, -0.25) is 0 Å². The Morgan fingerprint density at radius 3 is 2.38 bits per heavy atom. The number of hydrogen-bond acceptors (Lipinski definition) is 4. The quantitative estimate of drug-likeness (QED) is 0.405. The maximum Gasteiger partial charge on any atom is 0.344 e. The molecular formula is C28H27ClN2O3. The van der Waals surface area contributed by atoms with Crippen LogP contribution in [0.15, 0.2) is 76.6 Å². The highest BCUT2D eigenvalue weighted by Gasteiger charge is 2.28. The van der Waals surface area contributed by atoms with E-state index >= 15 is 0 Å². The van der Waals surface area contributed by atoms with Crippen molar-refractivity contribution in [2.75, 3.05) is 0 Å². The van der Waals surface area contributed by atoms with Crippen molar-refractivity contribution in [3.8, 4) is 16.8 Å². The van der Waals surface area contributed by atoms with Crippen LogP contribution in [0.3, 0.4) is 0 Å². The molecule has 1 N–H and O–H groups in total. The van der Waals surface area contributed by atoms with E-state index in [0.29, 0.717) is 16.4 Å². The predicted molar refractivity (Wildman–Crippen MR) is 138 cm³/mol. The molecule has 0 aliphatic carbocycles. The lowest BCUT2D eigenvalue weighted by atomic mass is 10.0. The molecule has 5 nitrogen and oxygen atoms in total. The lowest BCUT2D eigenvalue weighted by molar-refractivity contribution is -0.142. The molecule has 0 atom stereocenters. The standard InChI is InChI=1S/C28H27ClN2O3/c1-16(2)34-28(33)26-18(4)30-24(27(26)32)15-20-14-17(3)31(19(20)5)25-13-9-7-11-22(25)21-10-6-8-12-23(21)29/h6-16,32H,1-5H3/b24-15-. The number of nitrogens with zero attached hydrogens (tertiary/aromatic N) is 2. The smallest absolute Gasteiger partial charge is 0.344 e. The number of aliphatic hydroxyl groups excluding tert-OH is 1. The Kier molecular flexibility index (Phi) is 6.49. The van der Waals surface area contributed by atoms with Gasteiger partial charge in [0, 0.05) is 27.5 Å². The number of esters is 1. The van der Waals surface area contributed by atoms with Crippen molar-refractivity contribution in [3.63, 3.8) is 0 Å². The summed E-state index contributed by atoms with van der Waals surface area (Å²) < 4.78 is 7.42. The van der Waals surface area contributed by atoms with E-state index in [2.05, 4.69) is 21.7 Å². The van der Waals surface area contributed by atoms with E-state index in [1.807, 2.05) is 56.3 Å². The summed E-state index contributed by atoms with van der Waals surface area (Å²) in [5.41, 5.74) is 6.75. The first-order valence-corrected chi connectivity index (χ1v) is 11.5. The lowest BCUT2D eigenvalue weighted by Crippen LogP contribution is -2.17. The van der Waals surface area contributed by atoms with Gasteiger partial charge in [0.15, 0.2) is 5.76 Å². The Labute approximate surface area is 204 Å².